The number of hydrogen-bond acceptors (Lipinski definition) is 1. The number of allylic oxidation sites excluding steroid dienone is 1. The summed E-state index contributed by atoms with van der Waals surface area (Å²) in [7, 11) is 1.65. The molecule has 0 aliphatic rings. The van der Waals surface area contributed by atoms with Gasteiger partial charge >= 0.3 is 6.18 Å². The Hall–Kier alpha value is -0.810. The molecule has 1 aromatic carbocycles. The lowest BCUT2D eigenvalue weighted by Gasteiger charge is -2.19. The predicted molar refractivity (Wildman–Crippen MR) is 70.4 cm³/mol. The number of halogens is 4. The van der Waals surface area contributed by atoms with Crippen molar-refractivity contribution in [2.75, 3.05) is 7.05 Å². The van der Waals surface area contributed by atoms with E-state index in [-0.39, 0.29) is 5.56 Å². The molecule has 0 fully saturated rings. The molecular formula is C13H15BrF3N. The molecule has 0 radical (unpaired) electrons. The summed E-state index contributed by atoms with van der Waals surface area (Å²) < 4.78 is 39.4. The molecule has 100 valence electrons. The predicted octanol–water partition coefficient (Wildman–Crippen LogP) is 4.69. The molecule has 0 spiro atoms. The Balaban J connectivity index is 3.35. The average Bonchev–Trinajstić information content (AvgIpc) is 2.24. The SMILES string of the molecule is CNC(C=C(C)C)c1ccc(Br)cc1C(F)(F)F. The molecule has 0 bridgehead atoms. The van der Waals surface area contributed by atoms with Crippen molar-refractivity contribution in [3.8, 4) is 0 Å². The molecule has 0 saturated carbocycles. The number of alkyl halides is 3. The summed E-state index contributed by atoms with van der Waals surface area (Å²) in [5.74, 6) is 0. The van der Waals surface area contributed by atoms with Crippen molar-refractivity contribution in [2.24, 2.45) is 0 Å². The minimum atomic E-state index is -4.36. The van der Waals surface area contributed by atoms with E-state index in [4.69, 9.17) is 0 Å². The van der Waals surface area contributed by atoms with Gasteiger partial charge in [0, 0.05) is 4.47 Å². The molecule has 0 saturated heterocycles. The molecule has 18 heavy (non-hydrogen) atoms. The van der Waals surface area contributed by atoms with Crippen LogP contribution in [-0.2, 0) is 6.18 Å². The number of rotatable bonds is 3. The third-order valence-corrected chi connectivity index (χ3v) is 2.96. The molecule has 0 aromatic heterocycles. The summed E-state index contributed by atoms with van der Waals surface area (Å²) in [4.78, 5) is 0. The highest BCUT2D eigenvalue weighted by Gasteiger charge is 2.34. The zero-order chi connectivity index (χ0) is 13.9. The molecule has 1 N–H and O–H groups in total. The summed E-state index contributed by atoms with van der Waals surface area (Å²) in [6, 6.07) is 3.78. The second-order valence-corrected chi connectivity index (χ2v) is 5.16. The van der Waals surface area contributed by atoms with E-state index < -0.39 is 17.8 Å². The van der Waals surface area contributed by atoms with Gasteiger partial charge in [-0.15, -0.1) is 0 Å². The Morgan fingerprint density at radius 3 is 2.39 bits per heavy atom. The number of benzene rings is 1. The first-order valence-corrected chi connectivity index (χ1v) is 6.24. The first kappa shape index (κ1) is 15.2. The van der Waals surface area contributed by atoms with E-state index in [1.54, 1.807) is 19.2 Å². The third kappa shape index (κ3) is 3.85. The van der Waals surface area contributed by atoms with Crippen LogP contribution >= 0.6 is 15.9 Å². The molecule has 0 amide bonds. The van der Waals surface area contributed by atoms with Crippen LogP contribution in [0.1, 0.15) is 31.0 Å². The highest BCUT2D eigenvalue weighted by atomic mass is 79.9. The highest BCUT2D eigenvalue weighted by Crippen LogP contribution is 2.36. The molecule has 1 unspecified atom stereocenters. The van der Waals surface area contributed by atoms with Crippen LogP contribution in [0.2, 0.25) is 0 Å². The Kier molecular flexibility index (Phi) is 4.99. The van der Waals surface area contributed by atoms with E-state index in [1.165, 1.54) is 6.07 Å². The van der Waals surface area contributed by atoms with Crippen LogP contribution in [0.5, 0.6) is 0 Å². The number of hydrogen-bond donors (Lipinski definition) is 1. The Morgan fingerprint density at radius 1 is 1.33 bits per heavy atom. The zero-order valence-corrected chi connectivity index (χ0v) is 12.0. The van der Waals surface area contributed by atoms with Crippen LogP contribution in [0.25, 0.3) is 0 Å². The van der Waals surface area contributed by atoms with Crippen LogP contribution in [0.3, 0.4) is 0 Å². The van der Waals surface area contributed by atoms with Crippen molar-refractivity contribution >= 4 is 15.9 Å². The normalized spacial score (nSPS) is 13.3. The van der Waals surface area contributed by atoms with Crippen molar-refractivity contribution in [3.63, 3.8) is 0 Å². The smallest absolute Gasteiger partial charge is 0.310 e. The first-order valence-electron chi connectivity index (χ1n) is 5.44. The summed E-state index contributed by atoms with van der Waals surface area (Å²) >= 11 is 3.07. The molecule has 1 rings (SSSR count). The summed E-state index contributed by atoms with van der Waals surface area (Å²) in [5.41, 5.74) is 0.577. The maximum atomic E-state index is 13.0. The lowest BCUT2D eigenvalue weighted by atomic mass is 9.98. The fourth-order valence-corrected chi connectivity index (χ4v) is 2.07. The van der Waals surface area contributed by atoms with Crippen LogP contribution < -0.4 is 5.32 Å². The first-order chi connectivity index (χ1) is 8.25. The Labute approximate surface area is 113 Å². The van der Waals surface area contributed by atoms with Crippen molar-refractivity contribution in [3.05, 3.63) is 45.4 Å². The molecule has 0 aliphatic carbocycles. The molecule has 0 aliphatic heterocycles. The molecular weight excluding hydrogens is 307 g/mol. The highest BCUT2D eigenvalue weighted by molar-refractivity contribution is 9.10. The van der Waals surface area contributed by atoms with Gasteiger partial charge in [0.1, 0.15) is 0 Å². The van der Waals surface area contributed by atoms with Gasteiger partial charge < -0.3 is 5.32 Å². The molecule has 1 nitrogen and oxygen atoms in total. The van der Waals surface area contributed by atoms with Gasteiger partial charge in [-0.05, 0) is 38.6 Å². The largest absolute Gasteiger partial charge is 0.416 e. The molecule has 5 heteroatoms. The monoisotopic (exact) mass is 321 g/mol. The van der Waals surface area contributed by atoms with Gasteiger partial charge in [0.25, 0.3) is 0 Å². The van der Waals surface area contributed by atoms with Gasteiger partial charge in [-0.3, -0.25) is 0 Å². The standard InChI is InChI=1S/C13H15BrF3N/c1-8(2)6-12(18-3)10-5-4-9(14)7-11(10)13(15,16)17/h4-7,12,18H,1-3H3. The maximum Gasteiger partial charge on any atom is 0.416 e. The maximum absolute atomic E-state index is 13.0. The molecule has 1 atom stereocenters. The van der Waals surface area contributed by atoms with E-state index >= 15 is 0 Å². The van der Waals surface area contributed by atoms with Crippen molar-refractivity contribution < 1.29 is 13.2 Å². The fraction of sp³-hybridized carbons (Fsp3) is 0.385. The molecule has 0 heterocycles. The third-order valence-electron chi connectivity index (χ3n) is 2.47. The summed E-state index contributed by atoms with van der Waals surface area (Å²) in [6.07, 6.45) is -2.58. The van der Waals surface area contributed by atoms with E-state index in [0.717, 1.165) is 11.6 Å². The Morgan fingerprint density at radius 2 is 1.94 bits per heavy atom. The van der Waals surface area contributed by atoms with Gasteiger partial charge in [-0.1, -0.05) is 33.6 Å². The van der Waals surface area contributed by atoms with Crippen molar-refractivity contribution in [1.29, 1.82) is 0 Å². The number of likely N-dealkylation sites (N-methyl/N-ethyl adjacent to an activating group) is 1. The van der Waals surface area contributed by atoms with E-state index in [2.05, 4.69) is 21.2 Å². The van der Waals surface area contributed by atoms with Gasteiger partial charge in [0.2, 0.25) is 0 Å². The lowest BCUT2D eigenvalue weighted by molar-refractivity contribution is -0.138. The summed E-state index contributed by atoms with van der Waals surface area (Å²) in [5, 5.41) is 2.89. The van der Waals surface area contributed by atoms with Gasteiger partial charge in [-0.2, -0.15) is 13.2 Å². The topological polar surface area (TPSA) is 12.0 Å². The minimum absolute atomic E-state index is 0.231. The average molecular weight is 322 g/mol. The quantitative estimate of drug-likeness (QED) is 0.796. The second-order valence-electron chi connectivity index (χ2n) is 4.24. The van der Waals surface area contributed by atoms with Crippen LogP contribution in [0.4, 0.5) is 13.2 Å². The van der Waals surface area contributed by atoms with E-state index in [1.807, 2.05) is 13.8 Å². The van der Waals surface area contributed by atoms with Crippen molar-refractivity contribution in [2.45, 2.75) is 26.1 Å². The number of nitrogens with one attached hydrogen (secondary N) is 1. The van der Waals surface area contributed by atoms with Crippen LogP contribution in [0.15, 0.2) is 34.3 Å². The van der Waals surface area contributed by atoms with Gasteiger partial charge in [-0.25, -0.2) is 0 Å². The fourth-order valence-electron chi connectivity index (χ4n) is 1.71. The van der Waals surface area contributed by atoms with Gasteiger partial charge in [0.15, 0.2) is 0 Å². The van der Waals surface area contributed by atoms with E-state index in [0.29, 0.717) is 4.47 Å². The molecule has 1 aromatic rings. The minimum Gasteiger partial charge on any atom is -0.310 e. The van der Waals surface area contributed by atoms with Crippen molar-refractivity contribution in [1.82, 2.24) is 5.32 Å². The second kappa shape index (κ2) is 5.89. The Bertz CT molecular complexity index is 448. The van der Waals surface area contributed by atoms with E-state index in [9.17, 15) is 13.2 Å². The lowest BCUT2D eigenvalue weighted by Crippen LogP contribution is -2.19. The van der Waals surface area contributed by atoms with Crippen LogP contribution in [-0.4, -0.2) is 7.05 Å². The zero-order valence-electron chi connectivity index (χ0n) is 10.4. The summed E-state index contributed by atoms with van der Waals surface area (Å²) in [6.45, 7) is 3.72. The van der Waals surface area contributed by atoms with Gasteiger partial charge in [0.05, 0.1) is 11.6 Å². The van der Waals surface area contributed by atoms with Crippen LogP contribution in [0, 0.1) is 0 Å².